The largest absolute Gasteiger partial charge is 0.497 e. The SMILES string of the molecule is CCCc1nc2sc3ccccc3c(=O)c2c(=O)n1CCc1ccc(OC)cc1. The summed E-state index contributed by atoms with van der Waals surface area (Å²) in [6.45, 7) is 2.55. The van der Waals surface area contributed by atoms with Crippen LogP contribution in [0.3, 0.4) is 0 Å². The number of aromatic nitrogens is 2. The fourth-order valence-electron chi connectivity index (χ4n) is 3.51. The lowest BCUT2D eigenvalue weighted by Gasteiger charge is -2.13. The number of ether oxygens (including phenoxy) is 1. The van der Waals surface area contributed by atoms with Gasteiger partial charge in [-0.3, -0.25) is 14.2 Å². The van der Waals surface area contributed by atoms with Gasteiger partial charge in [0.05, 0.1) is 7.11 Å². The molecule has 0 N–H and O–H groups in total. The van der Waals surface area contributed by atoms with Crippen LogP contribution < -0.4 is 15.7 Å². The fraction of sp³-hybridized carbons (Fsp3) is 0.261. The van der Waals surface area contributed by atoms with E-state index in [-0.39, 0.29) is 16.4 Å². The van der Waals surface area contributed by atoms with E-state index in [1.165, 1.54) is 11.3 Å². The van der Waals surface area contributed by atoms with E-state index in [2.05, 4.69) is 6.92 Å². The van der Waals surface area contributed by atoms with Crippen LogP contribution in [0.4, 0.5) is 0 Å². The second kappa shape index (κ2) is 8.17. The summed E-state index contributed by atoms with van der Waals surface area (Å²) >= 11 is 1.41. The molecule has 6 heteroatoms. The molecule has 4 aromatic rings. The molecule has 0 radical (unpaired) electrons. The van der Waals surface area contributed by atoms with Crippen LogP contribution in [0.5, 0.6) is 5.75 Å². The van der Waals surface area contributed by atoms with Crippen LogP contribution in [-0.4, -0.2) is 16.7 Å². The molecule has 0 aliphatic heterocycles. The molecule has 29 heavy (non-hydrogen) atoms. The van der Waals surface area contributed by atoms with Crippen molar-refractivity contribution in [1.29, 1.82) is 0 Å². The van der Waals surface area contributed by atoms with Crippen molar-refractivity contribution >= 4 is 31.6 Å². The van der Waals surface area contributed by atoms with Crippen molar-refractivity contribution in [3.8, 4) is 5.75 Å². The van der Waals surface area contributed by atoms with Crippen LogP contribution in [0.2, 0.25) is 0 Å². The highest BCUT2D eigenvalue weighted by atomic mass is 32.1. The Hall–Kier alpha value is -2.99. The van der Waals surface area contributed by atoms with Crippen LogP contribution in [0.15, 0.2) is 58.1 Å². The monoisotopic (exact) mass is 406 g/mol. The van der Waals surface area contributed by atoms with Crippen molar-refractivity contribution in [2.45, 2.75) is 32.7 Å². The number of aryl methyl sites for hydroxylation is 2. The normalized spacial score (nSPS) is 11.2. The fourth-order valence-corrected chi connectivity index (χ4v) is 4.56. The van der Waals surface area contributed by atoms with Gasteiger partial charge in [0.1, 0.15) is 21.8 Å². The van der Waals surface area contributed by atoms with Gasteiger partial charge in [0, 0.05) is 23.1 Å². The van der Waals surface area contributed by atoms with Gasteiger partial charge in [-0.05, 0) is 42.7 Å². The first-order chi connectivity index (χ1) is 14.1. The lowest BCUT2D eigenvalue weighted by atomic mass is 10.1. The highest BCUT2D eigenvalue weighted by Gasteiger charge is 2.16. The minimum absolute atomic E-state index is 0.197. The zero-order valence-electron chi connectivity index (χ0n) is 16.5. The van der Waals surface area contributed by atoms with Crippen LogP contribution >= 0.6 is 11.3 Å². The molecule has 0 amide bonds. The number of rotatable bonds is 6. The molecule has 0 fully saturated rings. The maximum atomic E-state index is 13.3. The summed E-state index contributed by atoms with van der Waals surface area (Å²) in [6.07, 6.45) is 2.25. The molecule has 2 heterocycles. The van der Waals surface area contributed by atoms with E-state index in [9.17, 15) is 9.59 Å². The van der Waals surface area contributed by atoms with E-state index >= 15 is 0 Å². The van der Waals surface area contributed by atoms with Gasteiger partial charge >= 0.3 is 0 Å². The molecular weight excluding hydrogens is 384 g/mol. The molecule has 0 saturated heterocycles. The van der Waals surface area contributed by atoms with Crippen LogP contribution in [0.1, 0.15) is 24.7 Å². The molecule has 0 spiro atoms. The van der Waals surface area contributed by atoms with Crippen LogP contribution in [0, 0.1) is 0 Å². The van der Waals surface area contributed by atoms with Gasteiger partial charge < -0.3 is 4.74 Å². The van der Waals surface area contributed by atoms with Crippen LogP contribution in [0.25, 0.3) is 20.3 Å². The zero-order valence-corrected chi connectivity index (χ0v) is 17.3. The molecule has 148 valence electrons. The maximum Gasteiger partial charge on any atom is 0.266 e. The Balaban J connectivity index is 1.82. The third kappa shape index (κ3) is 3.68. The Morgan fingerprint density at radius 2 is 1.79 bits per heavy atom. The molecular formula is C23H22N2O3S. The maximum absolute atomic E-state index is 13.3. The first kappa shape index (κ1) is 19.3. The van der Waals surface area contributed by atoms with Crippen molar-refractivity contribution in [3.05, 3.63) is 80.5 Å². The number of fused-ring (bicyclic) bond motifs is 2. The van der Waals surface area contributed by atoms with Crippen molar-refractivity contribution in [2.75, 3.05) is 7.11 Å². The number of methoxy groups -OCH3 is 1. The number of nitrogens with zero attached hydrogens (tertiary/aromatic N) is 2. The summed E-state index contributed by atoms with van der Waals surface area (Å²) in [5, 5.41) is 0.775. The zero-order chi connectivity index (χ0) is 20.4. The molecule has 5 nitrogen and oxygen atoms in total. The molecule has 2 aromatic carbocycles. The van der Waals surface area contributed by atoms with E-state index in [4.69, 9.17) is 9.72 Å². The number of hydrogen-bond donors (Lipinski definition) is 0. The van der Waals surface area contributed by atoms with Crippen molar-refractivity contribution in [2.24, 2.45) is 0 Å². The average molecular weight is 407 g/mol. The molecule has 0 aliphatic rings. The molecule has 2 aromatic heterocycles. The second-order valence-electron chi connectivity index (χ2n) is 6.94. The Kier molecular flexibility index (Phi) is 5.45. The highest BCUT2D eigenvalue weighted by molar-refractivity contribution is 7.24. The van der Waals surface area contributed by atoms with E-state index in [0.717, 1.165) is 28.3 Å². The molecule has 0 unspecified atom stereocenters. The first-order valence-corrected chi connectivity index (χ1v) is 10.5. The van der Waals surface area contributed by atoms with Gasteiger partial charge in [0.25, 0.3) is 5.56 Å². The van der Waals surface area contributed by atoms with Gasteiger partial charge in [-0.2, -0.15) is 0 Å². The minimum Gasteiger partial charge on any atom is -0.497 e. The quantitative estimate of drug-likeness (QED) is 0.451. The van der Waals surface area contributed by atoms with Gasteiger partial charge in [0.2, 0.25) is 5.43 Å². The third-order valence-corrected chi connectivity index (χ3v) is 6.10. The highest BCUT2D eigenvalue weighted by Crippen LogP contribution is 2.22. The summed E-state index contributed by atoms with van der Waals surface area (Å²) in [5.41, 5.74) is 0.635. The Labute approximate surface area is 172 Å². The van der Waals surface area contributed by atoms with Gasteiger partial charge in [-0.15, -0.1) is 11.3 Å². The molecule has 0 aliphatic carbocycles. The van der Waals surface area contributed by atoms with E-state index < -0.39 is 0 Å². The third-order valence-electron chi connectivity index (χ3n) is 5.04. The number of hydrogen-bond acceptors (Lipinski definition) is 5. The Morgan fingerprint density at radius 3 is 2.52 bits per heavy atom. The number of benzene rings is 2. The molecule has 0 atom stereocenters. The van der Waals surface area contributed by atoms with E-state index in [1.807, 2.05) is 42.5 Å². The predicted octanol–water partition coefficient (Wildman–Crippen LogP) is 4.18. The predicted molar refractivity (Wildman–Crippen MR) is 118 cm³/mol. The van der Waals surface area contributed by atoms with Crippen molar-refractivity contribution in [1.82, 2.24) is 9.55 Å². The standard InChI is InChI=1S/C23H22N2O3S/c1-3-6-19-24-22-20(21(26)17-7-4-5-8-18(17)29-22)23(27)25(19)14-13-15-9-11-16(28-2)12-10-15/h4-5,7-12H,3,6,13-14H2,1-2H3. The lowest BCUT2D eigenvalue weighted by Crippen LogP contribution is -2.29. The Bertz CT molecular complexity index is 1290. The molecule has 0 bridgehead atoms. The summed E-state index contributed by atoms with van der Waals surface area (Å²) in [6, 6.07) is 15.2. The van der Waals surface area contributed by atoms with Crippen LogP contribution in [-0.2, 0) is 19.4 Å². The Morgan fingerprint density at radius 1 is 1.03 bits per heavy atom. The second-order valence-corrected chi connectivity index (χ2v) is 7.97. The first-order valence-electron chi connectivity index (χ1n) is 9.70. The lowest BCUT2D eigenvalue weighted by molar-refractivity contribution is 0.414. The van der Waals surface area contributed by atoms with Crippen molar-refractivity contribution in [3.63, 3.8) is 0 Å². The summed E-state index contributed by atoms with van der Waals surface area (Å²) in [4.78, 5) is 31.6. The van der Waals surface area contributed by atoms with Gasteiger partial charge in [0.15, 0.2) is 0 Å². The van der Waals surface area contributed by atoms with Gasteiger partial charge in [-0.1, -0.05) is 31.2 Å². The van der Waals surface area contributed by atoms with E-state index in [0.29, 0.717) is 29.6 Å². The minimum atomic E-state index is -0.237. The smallest absolute Gasteiger partial charge is 0.266 e. The molecule has 4 rings (SSSR count). The van der Waals surface area contributed by atoms with Gasteiger partial charge in [-0.25, -0.2) is 4.98 Å². The summed E-state index contributed by atoms with van der Waals surface area (Å²) in [5.74, 6) is 1.54. The topological polar surface area (TPSA) is 61.2 Å². The molecule has 0 saturated carbocycles. The summed E-state index contributed by atoms with van der Waals surface area (Å²) < 4.78 is 7.74. The average Bonchev–Trinajstić information content (AvgIpc) is 2.74. The van der Waals surface area contributed by atoms with E-state index in [1.54, 1.807) is 17.7 Å². The summed E-state index contributed by atoms with van der Waals surface area (Å²) in [7, 11) is 1.64. The van der Waals surface area contributed by atoms with Crippen molar-refractivity contribution < 1.29 is 4.74 Å².